The topological polar surface area (TPSA) is 79.5 Å². The summed E-state index contributed by atoms with van der Waals surface area (Å²) in [6.45, 7) is 1.46. The van der Waals surface area contributed by atoms with Crippen LogP contribution in [0.25, 0.3) is 0 Å². The zero-order valence-corrected chi connectivity index (χ0v) is 11.2. The first-order chi connectivity index (χ1) is 9.24. The second kappa shape index (κ2) is 6.69. The van der Waals surface area contributed by atoms with E-state index in [4.69, 9.17) is 9.52 Å². The molecule has 0 unspecified atom stereocenters. The van der Waals surface area contributed by atoms with Crippen molar-refractivity contribution in [1.29, 1.82) is 0 Å². The van der Waals surface area contributed by atoms with Gasteiger partial charge in [0.1, 0.15) is 11.3 Å². The number of nitrogens with one attached hydrogen (secondary N) is 1. The molecule has 9 heteroatoms. The molecule has 1 aromatic rings. The van der Waals surface area contributed by atoms with Gasteiger partial charge in [0.15, 0.2) is 5.76 Å². The smallest absolute Gasteiger partial charge is 0.441 e. The van der Waals surface area contributed by atoms with E-state index in [0.29, 0.717) is 6.42 Å². The summed E-state index contributed by atoms with van der Waals surface area (Å²) in [6, 6.07) is 1.06. The van der Waals surface area contributed by atoms with Gasteiger partial charge < -0.3 is 14.8 Å². The molecule has 0 aromatic carbocycles. The van der Waals surface area contributed by atoms with Crippen LogP contribution in [0.1, 0.15) is 33.6 Å². The van der Waals surface area contributed by atoms with E-state index >= 15 is 0 Å². The molecular weight excluding hydrogens is 299 g/mol. The van der Waals surface area contributed by atoms with Gasteiger partial charge in [-0.3, -0.25) is 4.79 Å². The van der Waals surface area contributed by atoms with Gasteiger partial charge in [0, 0.05) is 24.8 Å². The average Bonchev–Trinajstić information content (AvgIpc) is 2.77. The van der Waals surface area contributed by atoms with E-state index in [9.17, 15) is 22.8 Å². The average molecular weight is 311 g/mol. The molecule has 1 rings (SSSR count). The lowest BCUT2D eigenvalue weighted by Crippen LogP contribution is -2.26. The Morgan fingerprint density at radius 3 is 2.55 bits per heavy atom. The Balaban J connectivity index is 2.58. The van der Waals surface area contributed by atoms with E-state index in [-0.39, 0.29) is 41.1 Å². The number of furan rings is 1. The van der Waals surface area contributed by atoms with E-state index < -0.39 is 17.4 Å². The molecule has 0 aliphatic carbocycles. The van der Waals surface area contributed by atoms with Gasteiger partial charge in [-0.25, -0.2) is 4.79 Å². The van der Waals surface area contributed by atoms with Gasteiger partial charge in [-0.05, 0) is 11.8 Å². The van der Waals surface area contributed by atoms with Crippen molar-refractivity contribution in [2.24, 2.45) is 0 Å². The van der Waals surface area contributed by atoms with Crippen LogP contribution in [0.2, 0.25) is 0 Å². The fourth-order valence-electron chi connectivity index (χ4n) is 1.40. The lowest BCUT2D eigenvalue weighted by molar-refractivity contribution is -0.0327. The zero-order chi connectivity index (χ0) is 15.3. The third-order valence-corrected chi connectivity index (χ3v) is 2.97. The zero-order valence-electron chi connectivity index (χ0n) is 10.4. The number of halogens is 3. The molecule has 0 saturated carbocycles. The summed E-state index contributed by atoms with van der Waals surface area (Å²) in [5, 5.41) is 11.1. The first-order valence-electron chi connectivity index (χ1n) is 5.59. The number of carboxylic acid groups (broad SMARTS) is 1. The number of hydrogen-bond donors (Lipinski definition) is 2. The highest BCUT2D eigenvalue weighted by Gasteiger charge is 2.27. The number of aromatic carboxylic acids is 1. The maximum Gasteiger partial charge on any atom is 0.441 e. The Labute approximate surface area is 116 Å². The second-order valence-corrected chi connectivity index (χ2v) is 4.82. The van der Waals surface area contributed by atoms with Crippen molar-refractivity contribution in [2.75, 3.05) is 12.3 Å². The number of alkyl halides is 3. The van der Waals surface area contributed by atoms with Crippen LogP contribution in [0.4, 0.5) is 13.2 Å². The van der Waals surface area contributed by atoms with Crippen LogP contribution < -0.4 is 5.32 Å². The highest BCUT2D eigenvalue weighted by atomic mass is 32.2. The summed E-state index contributed by atoms with van der Waals surface area (Å²) in [5.41, 5.74) is -4.47. The number of thioether (sulfide) groups is 1. The van der Waals surface area contributed by atoms with Gasteiger partial charge in [0.25, 0.3) is 5.91 Å². The third kappa shape index (κ3) is 4.80. The maximum absolute atomic E-state index is 11.9. The van der Waals surface area contributed by atoms with E-state index in [0.717, 1.165) is 6.07 Å². The SMILES string of the molecule is CCc1oc(C(=O)NCCSC(F)(F)F)cc1C(=O)O. The van der Waals surface area contributed by atoms with Gasteiger partial charge in [-0.1, -0.05) is 6.92 Å². The van der Waals surface area contributed by atoms with E-state index in [1.165, 1.54) is 0 Å². The van der Waals surface area contributed by atoms with Crippen molar-refractivity contribution >= 4 is 23.6 Å². The molecule has 0 spiro atoms. The molecule has 1 heterocycles. The van der Waals surface area contributed by atoms with Gasteiger partial charge >= 0.3 is 11.5 Å². The van der Waals surface area contributed by atoms with Crippen molar-refractivity contribution < 1.29 is 32.3 Å². The predicted octanol–water partition coefficient (Wildman–Crippen LogP) is 2.52. The first-order valence-corrected chi connectivity index (χ1v) is 6.58. The number of hydrogen-bond acceptors (Lipinski definition) is 4. The molecule has 0 fully saturated rings. The number of carbonyl (C=O) groups is 2. The standard InChI is InChI=1S/C11H12F3NO4S/c1-2-7-6(10(17)18)5-8(19-7)9(16)15-3-4-20-11(12,13)14/h5H,2-4H2,1H3,(H,15,16)(H,17,18). The lowest BCUT2D eigenvalue weighted by Gasteiger charge is -2.05. The Hall–Kier alpha value is -1.64. The number of aryl methyl sites for hydroxylation is 1. The molecule has 2 N–H and O–H groups in total. The minimum absolute atomic E-state index is 0.123. The van der Waals surface area contributed by atoms with Crippen LogP contribution in [-0.2, 0) is 6.42 Å². The monoisotopic (exact) mass is 311 g/mol. The summed E-state index contributed by atoms with van der Waals surface area (Å²) >= 11 is -0.251. The number of carboxylic acids is 1. The number of rotatable bonds is 6. The normalized spacial score (nSPS) is 11.4. The van der Waals surface area contributed by atoms with Gasteiger partial charge in [-0.15, -0.1) is 0 Å². The largest absolute Gasteiger partial charge is 0.478 e. The summed E-state index contributed by atoms with van der Waals surface area (Å²) < 4.78 is 40.6. The molecule has 5 nitrogen and oxygen atoms in total. The minimum atomic E-state index is -4.35. The fourth-order valence-corrected chi connectivity index (χ4v) is 1.84. The Morgan fingerprint density at radius 2 is 2.10 bits per heavy atom. The summed E-state index contributed by atoms with van der Waals surface area (Å²) in [7, 11) is 0. The Morgan fingerprint density at radius 1 is 1.45 bits per heavy atom. The second-order valence-electron chi connectivity index (χ2n) is 3.66. The van der Waals surface area contributed by atoms with Gasteiger partial charge in [-0.2, -0.15) is 13.2 Å². The number of amides is 1. The summed E-state index contributed by atoms with van der Waals surface area (Å²) in [5.74, 6) is -2.38. The Kier molecular flexibility index (Phi) is 5.49. The fraction of sp³-hybridized carbons (Fsp3) is 0.455. The van der Waals surface area contributed by atoms with E-state index in [1.807, 2.05) is 0 Å². The molecule has 20 heavy (non-hydrogen) atoms. The molecular formula is C11H12F3NO4S. The highest BCUT2D eigenvalue weighted by molar-refractivity contribution is 8.00. The van der Waals surface area contributed by atoms with Gasteiger partial charge in [0.2, 0.25) is 0 Å². The molecule has 112 valence electrons. The van der Waals surface area contributed by atoms with Crippen LogP contribution in [0, 0.1) is 0 Å². The van der Waals surface area contributed by atoms with Crippen LogP contribution in [0.5, 0.6) is 0 Å². The first kappa shape index (κ1) is 16.4. The van der Waals surface area contributed by atoms with Crippen molar-refractivity contribution in [2.45, 2.75) is 18.9 Å². The third-order valence-electron chi connectivity index (χ3n) is 2.24. The maximum atomic E-state index is 11.9. The number of carbonyl (C=O) groups excluding carboxylic acids is 1. The lowest BCUT2D eigenvalue weighted by atomic mass is 10.2. The van der Waals surface area contributed by atoms with Crippen LogP contribution in [-0.4, -0.2) is 34.8 Å². The summed E-state index contributed by atoms with van der Waals surface area (Å²) in [4.78, 5) is 22.5. The molecule has 0 bridgehead atoms. The van der Waals surface area contributed by atoms with Crippen LogP contribution >= 0.6 is 11.8 Å². The van der Waals surface area contributed by atoms with Crippen LogP contribution in [0.3, 0.4) is 0 Å². The molecule has 0 radical (unpaired) electrons. The van der Waals surface area contributed by atoms with Crippen molar-refractivity contribution in [1.82, 2.24) is 5.32 Å². The molecule has 0 saturated heterocycles. The molecule has 0 atom stereocenters. The summed E-state index contributed by atoms with van der Waals surface area (Å²) in [6.07, 6.45) is 0.291. The molecule has 1 aromatic heterocycles. The molecule has 0 aliphatic rings. The van der Waals surface area contributed by atoms with Crippen molar-refractivity contribution in [3.8, 4) is 0 Å². The predicted molar refractivity (Wildman–Crippen MR) is 65.9 cm³/mol. The highest BCUT2D eigenvalue weighted by Crippen LogP contribution is 2.29. The van der Waals surface area contributed by atoms with Crippen molar-refractivity contribution in [3.05, 3.63) is 23.2 Å². The Bertz CT molecular complexity index is 498. The van der Waals surface area contributed by atoms with Gasteiger partial charge in [0.05, 0.1) is 0 Å². The molecule has 0 aliphatic heterocycles. The minimum Gasteiger partial charge on any atom is -0.478 e. The van der Waals surface area contributed by atoms with Crippen LogP contribution in [0.15, 0.2) is 10.5 Å². The van der Waals surface area contributed by atoms with Crippen molar-refractivity contribution in [3.63, 3.8) is 0 Å². The van der Waals surface area contributed by atoms with E-state index in [2.05, 4.69) is 5.32 Å². The van der Waals surface area contributed by atoms with E-state index in [1.54, 1.807) is 6.92 Å². The molecule has 1 amide bonds. The quantitative estimate of drug-likeness (QED) is 0.789.